The van der Waals surface area contributed by atoms with Crippen molar-refractivity contribution in [2.45, 2.75) is 0 Å². The molecule has 0 unspecified atom stereocenters. The van der Waals surface area contributed by atoms with Gasteiger partial charge < -0.3 is 5.11 Å². The summed E-state index contributed by atoms with van der Waals surface area (Å²) in [4.78, 5) is 7.37. The Kier molecular flexibility index (Phi) is 3.44. The molecule has 0 aromatic carbocycles. The van der Waals surface area contributed by atoms with Crippen molar-refractivity contribution in [3.8, 4) is 5.88 Å². The molecule has 5 nitrogen and oxygen atoms in total. The number of aromatic hydroxyl groups is 1. The Hall–Kier alpha value is -1.91. The summed E-state index contributed by atoms with van der Waals surface area (Å²) in [5, 5.41) is 12.7. The molecule has 68 valence electrons. The fourth-order valence-corrected chi connectivity index (χ4v) is 0.664. The van der Waals surface area contributed by atoms with Crippen molar-refractivity contribution in [2.24, 2.45) is 10.1 Å². The van der Waals surface area contributed by atoms with Gasteiger partial charge in [0.15, 0.2) is 0 Å². The first-order chi connectivity index (χ1) is 6.33. The maximum absolute atomic E-state index is 8.87. The first-order valence-electron chi connectivity index (χ1n) is 3.68. The summed E-state index contributed by atoms with van der Waals surface area (Å²) in [6.07, 6.45) is 4.56. The minimum atomic E-state index is -0.00958. The smallest absolute Gasteiger partial charge is 0.210 e. The van der Waals surface area contributed by atoms with Gasteiger partial charge in [0.05, 0.1) is 18.1 Å². The summed E-state index contributed by atoms with van der Waals surface area (Å²) in [6.45, 7) is 0. The van der Waals surface area contributed by atoms with Crippen LogP contribution in [-0.4, -0.2) is 29.6 Å². The molecular formula is C8H10N4O. The van der Waals surface area contributed by atoms with Crippen LogP contribution in [0.1, 0.15) is 0 Å². The van der Waals surface area contributed by atoms with E-state index in [2.05, 4.69) is 20.5 Å². The van der Waals surface area contributed by atoms with Gasteiger partial charge in [0, 0.05) is 19.3 Å². The average Bonchev–Trinajstić information content (AvgIpc) is 2.15. The molecule has 0 spiro atoms. The second-order valence-corrected chi connectivity index (χ2v) is 2.20. The zero-order chi connectivity index (χ0) is 9.52. The maximum atomic E-state index is 8.87. The van der Waals surface area contributed by atoms with E-state index in [4.69, 9.17) is 5.11 Å². The Labute approximate surface area is 75.9 Å². The Morgan fingerprint density at radius 1 is 1.46 bits per heavy atom. The maximum Gasteiger partial charge on any atom is 0.210 e. The van der Waals surface area contributed by atoms with Gasteiger partial charge in [0.2, 0.25) is 5.88 Å². The van der Waals surface area contributed by atoms with Gasteiger partial charge in [-0.2, -0.15) is 5.10 Å². The van der Waals surface area contributed by atoms with E-state index < -0.39 is 0 Å². The number of aliphatic imine (C=N–C) groups is 1. The number of hydrazone groups is 1. The minimum Gasteiger partial charge on any atom is -0.493 e. The second kappa shape index (κ2) is 4.87. The lowest BCUT2D eigenvalue weighted by Crippen LogP contribution is -1.90. The lowest BCUT2D eigenvalue weighted by atomic mass is 10.4. The number of pyridine rings is 1. The SMILES string of the molecule is C/N=C\C=N/Nc1ccc(O)nc1. The van der Waals surface area contributed by atoms with Crippen LogP contribution in [-0.2, 0) is 0 Å². The second-order valence-electron chi connectivity index (χ2n) is 2.20. The highest BCUT2D eigenvalue weighted by Gasteiger charge is 1.89. The van der Waals surface area contributed by atoms with Gasteiger partial charge in [-0.1, -0.05) is 0 Å². The monoisotopic (exact) mass is 178 g/mol. The summed E-state index contributed by atoms with van der Waals surface area (Å²) in [5.74, 6) is -0.00958. The molecule has 0 atom stereocenters. The predicted octanol–water partition coefficient (Wildman–Crippen LogP) is 0.885. The lowest BCUT2D eigenvalue weighted by Gasteiger charge is -1.97. The third kappa shape index (κ3) is 3.33. The van der Waals surface area contributed by atoms with Crippen LogP contribution in [0.4, 0.5) is 5.69 Å². The molecule has 1 aromatic heterocycles. The van der Waals surface area contributed by atoms with Crippen LogP contribution in [0.25, 0.3) is 0 Å². The molecule has 0 saturated heterocycles. The van der Waals surface area contributed by atoms with Crippen LogP contribution in [0.2, 0.25) is 0 Å². The molecule has 2 N–H and O–H groups in total. The van der Waals surface area contributed by atoms with Gasteiger partial charge in [0.1, 0.15) is 0 Å². The van der Waals surface area contributed by atoms with Crippen LogP contribution in [0.15, 0.2) is 28.4 Å². The van der Waals surface area contributed by atoms with Crippen LogP contribution >= 0.6 is 0 Å². The first kappa shape index (κ1) is 9.18. The highest BCUT2D eigenvalue weighted by Crippen LogP contribution is 2.08. The van der Waals surface area contributed by atoms with E-state index in [-0.39, 0.29) is 5.88 Å². The highest BCUT2D eigenvalue weighted by atomic mass is 16.3. The zero-order valence-corrected chi connectivity index (χ0v) is 7.18. The molecule has 1 rings (SSSR count). The van der Waals surface area contributed by atoms with Crippen molar-refractivity contribution in [2.75, 3.05) is 12.5 Å². The number of nitrogens with zero attached hydrogens (tertiary/aromatic N) is 3. The van der Waals surface area contributed by atoms with Crippen LogP contribution in [0.5, 0.6) is 5.88 Å². The number of aromatic nitrogens is 1. The van der Waals surface area contributed by atoms with Gasteiger partial charge in [-0.3, -0.25) is 10.4 Å². The molecule has 5 heteroatoms. The Morgan fingerprint density at radius 2 is 2.31 bits per heavy atom. The topological polar surface area (TPSA) is 69.9 Å². The molecule has 0 radical (unpaired) electrons. The third-order valence-corrected chi connectivity index (χ3v) is 1.23. The Balaban J connectivity index is 2.50. The standard InChI is InChI=1S/C8H10N4O/c1-9-4-5-11-12-7-2-3-8(13)10-6-7/h2-6,12H,1H3,(H,10,13)/b9-4-,11-5-. The minimum absolute atomic E-state index is 0.00958. The van der Waals surface area contributed by atoms with Gasteiger partial charge in [-0.25, -0.2) is 4.98 Å². The molecular weight excluding hydrogens is 168 g/mol. The largest absolute Gasteiger partial charge is 0.493 e. The van der Waals surface area contributed by atoms with Crippen LogP contribution in [0.3, 0.4) is 0 Å². The van der Waals surface area contributed by atoms with Gasteiger partial charge in [-0.15, -0.1) is 0 Å². The average molecular weight is 178 g/mol. The third-order valence-electron chi connectivity index (χ3n) is 1.23. The Bertz CT molecular complexity index is 304. The van der Waals surface area contributed by atoms with E-state index in [0.717, 1.165) is 0 Å². The number of nitrogens with one attached hydrogen (secondary N) is 1. The van der Waals surface area contributed by atoms with Gasteiger partial charge in [-0.05, 0) is 6.07 Å². The molecule has 0 aliphatic heterocycles. The van der Waals surface area contributed by atoms with Crippen molar-refractivity contribution < 1.29 is 5.11 Å². The van der Waals surface area contributed by atoms with E-state index in [9.17, 15) is 0 Å². The van der Waals surface area contributed by atoms with E-state index >= 15 is 0 Å². The van der Waals surface area contributed by atoms with Crippen molar-refractivity contribution in [1.29, 1.82) is 0 Å². The molecule has 13 heavy (non-hydrogen) atoms. The van der Waals surface area contributed by atoms with Crippen LogP contribution < -0.4 is 5.43 Å². The molecule has 1 aromatic rings. The lowest BCUT2D eigenvalue weighted by molar-refractivity contribution is 0.453. The van der Waals surface area contributed by atoms with Crippen molar-refractivity contribution in [1.82, 2.24) is 4.98 Å². The molecule has 0 aliphatic carbocycles. The molecule has 0 saturated carbocycles. The molecule has 0 aliphatic rings. The predicted molar refractivity (Wildman–Crippen MR) is 52.4 cm³/mol. The zero-order valence-electron chi connectivity index (χ0n) is 7.18. The quantitative estimate of drug-likeness (QED) is 0.533. The normalized spacial score (nSPS) is 11.2. The van der Waals surface area contributed by atoms with Crippen LogP contribution in [0, 0.1) is 0 Å². The van der Waals surface area contributed by atoms with E-state index in [1.54, 1.807) is 19.3 Å². The van der Waals surface area contributed by atoms with Gasteiger partial charge >= 0.3 is 0 Å². The summed E-state index contributed by atoms with van der Waals surface area (Å²) in [7, 11) is 1.66. The number of rotatable bonds is 3. The van der Waals surface area contributed by atoms with Crippen molar-refractivity contribution in [3.05, 3.63) is 18.3 Å². The molecule has 0 fully saturated rings. The summed E-state index contributed by atoms with van der Waals surface area (Å²) in [5.41, 5.74) is 3.42. The first-order valence-corrected chi connectivity index (χ1v) is 3.68. The van der Waals surface area contributed by atoms with Crippen molar-refractivity contribution >= 4 is 18.1 Å². The molecule has 1 heterocycles. The number of hydrogen-bond acceptors (Lipinski definition) is 5. The number of anilines is 1. The van der Waals surface area contributed by atoms with E-state index in [1.165, 1.54) is 18.5 Å². The fourth-order valence-electron chi connectivity index (χ4n) is 0.664. The Morgan fingerprint density at radius 3 is 2.92 bits per heavy atom. The van der Waals surface area contributed by atoms with E-state index in [0.29, 0.717) is 5.69 Å². The summed E-state index contributed by atoms with van der Waals surface area (Å²) >= 11 is 0. The summed E-state index contributed by atoms with van der Waals surface area (Å²) in [6, 6.07) is 3.15. The highest BCUT2D eigenvalue weighted by molar-refractivity contribution is 6.16. The summed E-state index contributed by atoms with van der Waals surface area (Å²) < 4.78 is 0. The van der Waals surface area contributed by atoms with Gasteiger partial charge in [0.25, 0.3) is 0 Å². The molecule has 0 bridgehead atoms. The van der Waals surface area contributed by atoms with E-state index in [1.807, 2.05) is 0 Å². The van der Waals surface area contributed by atoms with Crippen molar-refractivity contribution in [3.63, 3.8) is 0 Å². The molecule has 0 amide bonds. The fraction of sp³-hybridized carbons (Fsp3) is 0.125. The number of hydrogen-bond donors (Lipinski definition) is 2.